The van der Waals surface area contributed by atoms with Crippen molar-refractivity contribution in [2.24, 2.45) is 5.10 Å². The molecule has 0 spiro atoms. The fraction of sp³-hybridized carbons (Fsp3) is 0.125. The molecule has 7 nitrogen and oxygen atoms in total. The number of nitrogens with one attached hydrogen (secondary N) is 1. The molecule has 0 heterocycles. The van der Waals surface area contributed by atoms with Gasteiger partial charge in [0.25, 0.3) is 11.6 Å². The van der Waals surface area contributed by atoms with Crippen LogP contribution in [0.4, 0.5) is 5.69 Å². The molecular weight excluding hydrogens is 378 g/mol. The second-order valence-electron chi connectivity index (χ2n) is 4.84. The average molecular weight is 392 g/mol. The zero-order valence-electron chi connectivity index (χ0n) is 12.7. The van der Waals surface area contributed by atoms with Crippen molar-refractivity contribution in [3.8, 4) is 5.75 Å². The lowest BCUT2D eigenvalue weighted by Gasteiger charge is -2.08. The van der Waals surface area contributed by atoms with E-state index in [4.69, 9.17) is 4.74 Å². The first-order chi connectivity index (χ1) is 11.5. The van der Waals surface area contributed by atoms with Crippen LogP contribution in [0.25, 0.3) is 0 Å². The molecular formula is C16H14BrN3O4. The minimum absolute atomic E-state index is 0.0423. The van der Waals surface area contributed by atoms with Crippen molar-refractivity contribution in [1.82, 2.24) is 5.43 Å². The highest BCUT2D eigenvalue weighted by Gasteiger charge is 2.06. The van der Waals surface area contributed by atoms with Crippen molar-refractivity contribution in [3.05, 3.63) is 68.2 Å². The molecule has 24 heavy (non-hydrogen) atoms. The van der Waals surface area contributed by atoms with Gasteiger partial charge in [-0.15, -0.1) is 0 Å². The Morgan fingerprint density at radius 3 is 2.88 bits per heavy atom. The zero-order valence-corrected chi connectivity index (χ0v) is 14.3. The van der Waals surface area contributed by atoms with Crippen LogP contribution in [0.3, 0.4) is 0 Å². The number of nitrogens with zero attached hydrogens (tertiary/aromatic N) is 2. The van der Waals surface area contributed by atoms with Crippen LogP contribution in [0.1, 0.15) is 11.1 Å². The quantitative estimate of drug-likeness (QED) is 0.464. The number of nitro groups is 1. The minimum atomic E-state index is -0.496. The molecule has 2 rings (SSSR count). The van der Waals surface area contributed by atoms with E-state index in [1.807, 2.05) is 19.1 Å². The average Bonchev–Trinajstić information content (AvgIpc) is 2.54. The van der Waals surface area contributed by atoms with E-state index < -0.39 is 10.8 Å². The maximum Gasteiger partial charge on any atom is 0.277 e. The lowest BCUT2D eigenvalue weighted by Crippen LogP contribution is -2.24. The van der Waals surface area contributed by atoms with Crippen LogP contribution in [-0.4, -0.2) is 23.7 Å². The monoisotopic (exact) mass is 391 g/mol. The molecule has 0 fully saturated rings. The largest absolute Gasteiger partial charge is 0.483 e. The van der Waals surface area contributed by atoms with Gasteiger partial charge in [0.05, 0.1) is 11.1 Å². The maximum atomic E-state index is 11.7. The van der Waals surface area contributed by atoms with Gasteiger partial charge in [-0.25, -0.2) is 5.43 Å². The van der Waals surface area contributed by atoms with Crippen molar-refractivity contribution in [3.63, 3.8) is 0 Å². The fourth-order valence-electron chi connectivity index (χ4n) is 1.85. The number of carbonyl (C=O) groups is 1. The summed E-state index contributed by atoms with van der Waals surface area (Å²) in [6, 6.07) is 11.4. The second kappa shape index (κ2) is 8.21. The number of benzene rings is 2. The molecule has 0 saturated carbocycles. The standard InChI is InChI=1S/C16H14BrN3O4/c1-11-7-13(17)5-6-15(11)24-10-16(21)19-18-9-12-3-2-4-14(8-12)20(22)23/h2-9H,10H2,1H3,(H,19,21)/b18-9-. The van der Waals surface area contributed by atoms with Crippen molar-refractivity contribution in [1.29, 1.82) is 0 Å². The summed E-state index contributed by atoms with van der Waals surface area (Å²) in [5.74, 6) is 0.176. The van der Waals surface area contributed by atoms with Gasteiger partial charge in [0.15, 0.2) is 6.61 Å². The molecule has 0 bridgehead atoms. The summed E-state index contributed by atoms with van der Waals surface area (Å²) in [4.78, 5) is 21.9. The molecule has 0 aliphatic carbocycles. The van der Waals surface area contributed by atoms with E-state index in [9.17, 15) is 14.9 Å². The summed E-state index contributed by atoms with van der Waals surface area (Å²) in [5.41, 5.74) is 3.67. The van der Waals surface area contributed by atoms with Crippen LogP contribution >= 0.6 is 15.9 Å². The number of ether oxygens (including phenoxy) is 1. The first-order valence-electron chi connectivity index (χ1n) is 6.91. The highest BCUT2D eigenvalue weighted by molar-refractivity contribution is 9.10. The Morgan fingerprint density at radius 2 is 2.17 bits per heavy atom. The van der Waals surface area contributed by atoms with Crippen LogP contribution in [-0.2, 0) is 4.79 Å². The van der Waals surface area contributed by atoms with E-state index in [0.29, 0.717) is 11.3 Å². The van der Waals surface area contributed by atoms with Crippen LogP contribution < -0.4 is 10.2 Å². The highest BCUT2D eigenvalue weighted by Crippen LogP contribution is 2.21. The normalized spacial score (nSPS) is 10.6. The summed E-state index contributed by atoms with van der Waals surface area (Å²) in [6.07, 6.45) is 1.33. The van der Waals surface area contributed by atoms with Crippen LogP contribution in [0.15, 0.2) is 52.0 Å². The summed E-state index contributed by atoms with van der Waals surface area (Å²) in [7, 11) is 0. The molecule has 0 aliphatic heterocycles. The zero-order chi connectivity index (χ0) is 17.5. The van der Waals surface area contributed by atoms with Crippen LogP contribution in [0, 0.1) is 17.0 Å². The Balaban J connectivity index is 1.86. The van der Waals surface area contributed by atoms with E-state index in [1.54, 1.807) is 18.2 Å². The summed E-state index contributed by atoms with van der Waals surface area (Å²) < 4.78 is 6.34. The summed E-state index contributed by atoms with van der Waals surface area (Å²) in [5, 5.41) is 14.4. The molecule has 0 atom stereocenters. The number of aryl methyl sites for hydroxylation is 1. The highest BCUT2D eigenvalue weighted by atomic mass is 79.9. The van der Waals surface area contributed by atoms with Gasteiger partial charge in [-0.1, -0.05) is 28.1 Å². The summed E-state index contributed by atoms with van der Waals surface area (Å²) >= 11 is 3.35. The van der Waals surface area contributed by atoms with Crippen LogP contribution in [0.5, 0.6) is 5.75 Å². The number of rotatable bonds is 6. The number of halogens is 1. The van der Waals surface area contributed by atoms with E-state index in [1.165, 1.54) is 18.3 Å². The third-order valence-corrected chi connectivity index (χ3v) is 3.47. The fourth-order valence-corrected chi connectivity index (χ4v) is 2.32. The van der Waals surface area contributed by atoms with Crippen LogP contribution in [0.2, 0.25) is 0 Å². The number of non-ortho nitro benzene ring substituents is 1. The van der Waals surface area contributed by atoms with E-state index in [2.05, 4.69) is 26.5 Å². The van der Waals surface area contributed by atoms with Crippen molar-refractivity contribution < 1.29 is 14.5 Å². The van der Waals surface area contributed by atoms with E-state index in [0.717, 1.165) is 10.0 Å². The second-order valence-corrected chi connectivity index (χ2v) is 5.76. The first kappa shape index (κ1) is 17.6. The number of nitro benzene ring substituents is 1. The Hall–Kier alpha value is -2.74. The molecule has 124 valence electrons. The molecule has 2 aromatic carbocycles. The number of hydrogen-bond acceptors (Lipinski definition) is 5. The number of hydrazone groups is 1. The Kier molecular flexibility index (Phi) is 6.02. The third-order valence-electron chi connectivity index (χ3n) is 2.98. The van der Waals surface area contributed by atoms with Gasteiger partial charge in [-0.3, -0.25) is 14.9 Å². The lowest BCUT2D eigenvalue weighted by molar-refractivity contribution is -0.384. The maximum absolute atomic E-state index is 11.7. The summed E-state index contributed by atoms with van der Waals surface area (Å²) in [6.45, 7) is 1.69. The third kappa shape index (κ3) is 5.17. The number of amides is 1. The van der Waals surface area contributed by atoms with E-state index in [-0.39, 0.29) is 12.3 Å². The molecule has 8 heteroatoms. The van der Waals surface area contributed by atoms with Crippen molar-refractivity contribution >= 4 is 33.7 Å². The molecule has 0 radical (unpaired) electrons. The van der Waals surface area contributed by atoms with Gasteiger partial charge in [0.1, 0.15) is 5.75 Å². The first-order valence-corrected chi connectivity index (χ1v) is 7.70. The minimum Gasteiger partial charge on any atom is -0.483 e. The molecule has 0 aliphatic rings. The molecule has 1 amide bonds. The topological polar surface area (TPSA) is 93.8 Å². The van der Waals surface area contributed by atoms with Gasteiger partial charge in [-0.05, 0) is 30.7 Å². The number of hydrogen-bond donors (Lipinski definition) is 1. The van der Waals surface area contributed by atoms with Crippen molar-refractivity contribution in [2.45, 2.75) is 6.92 Å². The van der Waals surface area contributed by atoms with Gasteiger partial charge >= 0.3 is 0 Å². The van der Waals surface area contributed by atoms with E-state index >= 15 is 0 Å². The van der Waals surface area contributed by atoms with Gasteiger partial charge in [-0.2, -0.15) is 5.10 Å². The molecule has 1 N–H and O–H groups in total. The molecule has 0 unspecified atom stereocenters. The SMILES string of the molecule is Cc1cc(Br)ccc1OCC(=O)N/N=C\c1cccc([N+](=O)[O-])c1. The Bertz CT molecular complexity index is 793. The van der Waals surface area contributed by atoms with Crippen molar-refractivity contribution in [2.75, 3.05) is 6.61 Å². The molecule has 2 aromatic rings. The Labute approximate surface area is 146 Å². The molecule has 0 aromatic heterocycles. The smallest absolute Gasteiger partial charge is 0.277 e. The van der Waals surface area contributed by atoms with Gasteiger partial charge in [0, 0.05) is 22.2 Å². The molecule has 0 saturated heterocycles. The lowest BCUT2D eigenvalue weighted by atomic mass is 10.2. The van der Waals surface area contributed by atoms with Gasteiger partial charge in [0.2, 0.25) is 0 Å². The van der Waals surface area contributed by atoms with Gasteiger partial charge < -0.3 is 4.74 Å². The number of carbonyl (C=O) groups excluding carboxylic acids is 1. The Morgan fingerprint density at radius 1 is 1.38 bits per heavy atom. The predicted octanol–water partition coefficient (Wildman–Crippen LogP) is 3.19. The predicted molar refractivity (Wildman–Crippen MR) is 93.2 cm³/mol.